The van der Waals surface area contributed by atoms with Gasteiger partial charge in [0, 0.05) is 24.3 Å². The lowest BCUT2D eigenvalue weighted by atomic mass is 10.2. The van der Waals surface area contributed by atoms with Gasteiger partial charge in [-0.25, -0.2) is 12.7 Å². The highest BCUT2D eigenvalue weighted by Crippen LogP contribution is 2.27. The lowest BCUT2D eigenvalue weighted by Crippen LogP contribution is -2.26. The van der Waals surface area contributed by atoms with Crippen molar-refractivity contribution in [2.24, 2.45) is 0 Å². The molecule has 0 atom stereocenters. The molecule has 0 amide bonds. The summed E-state index contributed by atoms with van der Waals surface area (Å²) in [6.07, 6.45) is 0. The van der Waals surface area contributed by atoms with Crippen LogP contribution in [0.2, 0.25) is 5.02 Å². The molecule has 90 valence electrons. The highest BCUT2D eigenvalue weighted by Gasteiger charge is 2.20. The van der Waals surface area contributed by atoms with Crippen LogP contribution in [0.4, 0.5) is 5.69 Å². The van der Waals surface area contributed by atoms with Crippen LogP contribution >= 0.6 is 11.6 Å². The first kappa shape index (κ1) is 13.3. The highest BCUT2D eigenvalue weighted by molar-refractivity contribution is 7.89. The summed E-state index contributed by atoms with van der Waals surface area (Å²) < 4.78 is 25.2. The molecule has 0 bridgehead atoms. The Morgan fingerprint density at radius 2 is 2.00 bits per heavy atom. The number of hydrogen-bond acceptors (Lipinski definition) is 3. The molecule has 0 spiro atoms. The lowest BCUT2D eigenvalue weighted by molar-refractivity contribution is 0.486. The number of rotatable bonds is 3. The Morgan fingerprint density at radius 1 is 1.44 bits per heavy atom. The van der Waals surface area contributed by atoms with Gasteiger partial charge in [-0.3, -0.25) is 0 Å². The molecule has 0 saturated heterocycles. The minimum Gasteiger partial charge on any atom is -0.398 e. The number of anilines is 1. The standard InChI is InChI=1S/C10H15ClN2O2S/c1-4-13(3)16(14,15)8-5-9(11)7(2)10(12)6-8/h5-6H,4,12H2,1-3H3. The molecule has 1 aromatic carbocycles. The largest absolute Gasteiger partial charge is 0.398 e. The Kier molecular flexibility index (Phi) is 3.83. The number of nitrogen functional groups attached to an aromatic ring is 1. The molecule has 0 fully saturated rings. The summed E-state index contributed by atoms with van der Waals surface area (Å²) in [5.74, 6) is 0. The molecule has 1 rings (SSSR count). The second-order valence-electron chi connectivity index (χ2n) is 3.54. The Morgan fingerprint density at radius 3 is 2.44 bits per heavy atom. The number of benzene rings is 1. The summed E-state index contributed by atoms with van der Waals surface area (Å²) in [7, 11) is -1.97. The first-order valence-corrected chi connectivity index (χ1v) is 6.64. The van der Waals surface area contributed by atoms with Gasteiger partial charge in [-0.15, -0.1) is 0 Å². The van der Waals surface area contributed by atoms with Crippen molar-refractivity contribution in [3.63, 3.8) is 0 Å². The summed E-state index contributed by atoms with van der Waals surface area (Å²) in [6, 6.07) is 2.86. The van der Waals surface area contributed by atoms with E-state index in [1.165, 1.54) is 23.5 Å². The van der Waals surface area contributed by atoms with E-state index < -0.39 is 10.0 Å². The Labute approximate surface area is 101 Å². The van der Waals surface area contributed by atoms with Crippen molar-refractivity contribution in [1.29, 1.82) is 0 Å². The molecule has 2 N–H and O–H groups in total. The summed E-state index contributed by atoms with van der Waals surface area (Å²) in [5, 5.41) is 0.364. The topological polar surface area (TPSA) is 63.4 Å². The average Bonchev–Trinajstić information content (AvgIpc) is 2.23. The average molecular weight is 263 g/mol. The quantitative estimate of drug-likeness (QED) is 0.846. The van der Waals surface area contributed by atoms with Crippen LogP contribution in [0.3, 0.4) is 0 Å². The van der Waals surface area contributed by atoms with Gasteiger partial charge < -0.3 is 5.73 Å². The summed E-state index contributed by atoms with van der Waals surface area (Å²) in [4.78, 5) is 0.130. The maximum absolute atomic E-state index is 12.0. The van der Waals surface area contributed by atoms with E-state index in [-0.39, 0.29) is 4.90 Å². The molecule has 0 radical (unpaired) electrons. The molecule has 1 aromatic rings. The number of nitrogens with zero attached hydrogens (tertiary/aromatic N) is 1. The molecule has 16 heavy (non-hydrogen) atoms. The highest BCUT2D eigenvalue weighted by atomic mass is 35.5. The zero-order chi connectivity index (χ0) is 12.5. The van der Waals surface area contributed by atoms with Crippen molar-refractivity contribution in [3.05, 3.63) is 22.7 Å². The van der Waals surface area contributed by atoms with E-state index in [0.29, 0.717) is 22.8 Å². The third-order valence-corrected chi connectivity index (χ3v) is 4.81. The second kappa shape index (κ2) is 4.61. The minimum absolute atomic E-state index is 0.130. The first-order chi connectivity index (χ1) is 7.30. The van der Waals surface area contributed by atoms with E-state index >= 15 is 0 Å². The fourth-order valence-corrected chi connectivity index (χ4v) is 2.71. The monoisotopic (exact) mass is 262 g/mol. The van der Waals surface area contributed by atoms with E-state index in [1.807, 2.05) is 0 Å². The zero-order valence-electron chi connectivity index (χ0n) is 9.49. The summed E-state index contributed by atoms with van der Waals surface area (Å²) in [6.45, 7) is 3.90. The maximum Gasteiger partial charge on any atom is 0.242 e. The smallest absolute Gasteiger partial charge is 0.242 e. The van der Waals surface area contributed by atoms with Gasteiger partial charge in [-0.2, -0.15) is 0 Å². The van der Waals surface area contributed by atoms with Crippen LogP contribution in [0.5, 0.6) is 0 Å². The van der Waals surface area contributed by atoms with Gasteiger partial charge in [-0.05, 0) is 24.6 Å². The molecule has 0 saturated carbocycles. The van der Waals surface area contributed by atoms with Crippen molar-refractivity contribution < 1.29 is 8.42 Å². The predicted molar refractivity (Wildman–Crippen MR) is 66.1 cm³/mol. The molecule has 0 aliphatic heterocycles. The van der Waals surface area contributed by atoms with E-state index in [9.17, 15) is 8.42 Å². The zero-order valence-corrected chi connectivity index (χ0v) is 11.1. The molecule has 0 aliphatic rings. The third kappa shape index (κ3) is 2.31. The molecule has 0 unspecified atom stereocenters. The van der Waals surface area contributed by atoms with Crippen LogP contribution in [0, 0.1) is 6.92 Å². The normalized spacial score (nSPS) is 12.1. The van der Waals surface area contributed by atoms with Crippen molar-refractivity contribution in [2.45, 2.75) is 18.7 Å². The number of sulfonamides is 1. The van der Waals surface area contributed by atoms with E-state index in [2.05, 4.69) is 0 Å². The van der Waals surface area contributed by atoms with Crippen LogP contribution in [0.15, 0.2) is 17.0 Å². The Balaban J connectivity index is 3.36. The Bertz CT molecular complexity index is 477. The summed E-state index contributed by atoms with van der Waals surface area (Å²) in [5.41, 5.74) is 6.77. The molecular weight excluding hydrogens is 248 g/mol. The summed E-state index contributed by atoms with van der Waals surface area (Å²) >= 11 is 5.91. The van der Waals surface area contributed by atoms with Gasteiger partial charge in [0.1, 0.15) is 0 Å². The van der Waals surface area contributed by atoms with Gasteiger partial charge in [0.2, 0.25) is 10.0 Å². The van der Waals surface area contributed by atoms with Gasteiger partial charge in [-0.1, -0.05) is 18.5 Å². The molecule has 0 aliphatic carbocycles. The van der Waals surface area contributed by atoms with Gasteiger partial charge in [0.05, 0.1) is 4.90 Å². The van der Waals surface area contributed by atoms with Gasteiger partial charge in [0.15, 0.2) is 0 Å². The lowest BCUT2D eigenvalue weighted by Gasteiger charge is -2.16. The molecule has 0 aromatic heterocycles. The van der Waals surface area contributed by atoms with Gasteiger partial charge >= 0.3 is 0 Å². The van der Waals surface area contributed by atoms with E-state index in [4.69, 9.17) is 17.3 Å². The molecule has 6 heteroatoms. The van der Waals surface area contributed by atoms with Crippen molar-refractivity contribution in [2.75, 3.05) is 19.3 Å². The van der Waals surface area contributed by atoms with Crippen LogP contribution in [0.1, 0.15) is 12.5 Å². The fourth-order valence-electron chi connectivity index (χ4n) is 1.17. The molecular formula is C10H15ClN2O2S. The van der Waals surface area contributed by atoms with Crippen LogP contribution in [-0.4, -0.2) is 26.3 Å². The molecule has 0 heterocycles. The van der Waals surface area contributed by atoms with E-state index in [1.54, 1.807) is 13.8 Å². The number of halogens is 1. The SMILES string of the molecule is CCN(C)S(=O)(=O)c1cc(N)c(C)c(Cl)c1. The van der Waals surface area contributed by atoms with Gasteiger partial charge in [0.25, 0.3) is 0 Å². The fraction of sp³-hybridized carbons (Fsp3) is 0.400. The van der Waals surface area contributed by atoms with Crippen molar-refractivity contribution in [3.8, 4) is 0 Å². The predicted octanol–water partition coefficient (Wildman–Crippen LogP) is 1.87. The van der Waals surface area contributed by atoms with Crippen molar-refractivity contribution in [1.82, 2.24) is 4.31 Å². The number of hydrogen-bond donors (Lipinski definition) is 1. The van der Waals surface area contributed by atoms with Crippen LogP contribution in [0.25, 0.3) is 0 Å². The first-order valence-electron chi connectivity index (χ1n) is 4.82. The second-order valence-corrected chi connectivity index (χ2v) is 5.99. The Hall–Kier alpha value is -0.780. The van der Waals surface area contributed by atoms with Crippen LogP contribution in [-0.2, 0) is 10.0 Å². The van der Waals surface area contributed by atoms with E-state index in [0.717, 1.165) is 0 Å². The third-order valence-electron chi connectivity index (χ3n) is 2.51. The molecule has 4 nitrogen and oxygen atoms in total. The maximum atomic E-state index is 12.0. The number of nitrogens with two attached hydrogens (primary N) is 1. The van der Waals surface area contributed by atoms with Crippen LogP contribution < -0.4 is 5.73 Å². The van der Waals surface area contributed by atoms with Crippen molar-refractivity contribution >= 4 is 27.3 Å². The minimum atomic E-state index is -3.48.